The van der Waals surface area contributed by atoms with Crippen molar-refractivity contribution in [1.29, 1.82) is 0 Å². The third-order valence-electron chi connectivity index (χ3n) is 5.06. The number of rotatable bonds is 4. The Bertz CT molecular complexity index is 634. The van der Waals surface area contributed by atoms with E-state index in [0.717, 1.165) is 18.5 Å². The second-order valence-electron chi connectivity index (χ2n) is 7.54. The van der Waals surface area contributed by atoms with Crippen LogP contribution in [0.3, 0.4) is 0 Å². The van der Waals surface area contributed by atoms with Gasteiger partial charge in [0.2, 0.25) is 5.91 Å². The molecule has 0 aromatic heterocycles. The Morgan fingerprint density at radius 3 is 2.60 bits per heavy atom. The van der Waals surface area contributed by atoms with Gasteiger partial charge < -0.3 is 15.0 Å². The molecule has 0 bridgehead atoms. The summed E-state index contributed by atoms with van der Waals surface area (Å²) in [5, 5.41) is 3.15. The summed E-state index contributed by atoms with van der Waals surface area (Å²) >= 11 is 0. The molecule has 1 aliphatic carbocycles. The largest absolute Gasteiger partial charge is 0.476 e. The molecule has 136 valence electrons. The molecule has 1 aliphatic heterocycles. The van der Waals surface area contributed by atoms with Crippen molar-refractivity contribution in [2.24, 2.45) is 0 Å². The summed E-state index contributed by atoms with van der Waals surface area (Å²) in [5.74, 6) is 0.617. The molecule has 1 heterocycles. The van der Waals surface area contributed by atoms with Gasteiger partial charge in [-0.3, -0.25) is 9.59 Å². The zero-order valence-corrected chi connectivity index (χ0v) is 15.2. The van der Waals surface area contributed by atoms with Crippen LogP contribution in [0.15, 0.2) is 24.3 Å². The second-order valence-corrected chi connectivity index (χ2v) is 7.54. The lowest BCUT2D eigenvalue weighted by molar-refractivity contribution is -0.132. The fourth-order valence-electron chi connectivity index (χ4n) is 3.68. The van der Waals surface area contributed by atoms with Crippen molar-refractivity contribution in [3.05, 3.63) is 24.3 Å². The molecule has 1 aromatic rings. The van der Waals surface area contributed by atoms with Crippen molar-refractivity contribution in [2.75, 3.05) is 11.4 Å². The zero-order valence-electron chi connectivity index (χ0n) is 15.2. The first kappa shape index (κ1) is 17.8. The van der Waals surface area contributed by atoms with Crippen molar-refractivity contribution >= 4 is 17.5 Å². The van der Waals surface area contributed by atoms with Crippen LogP contribution in [0.4, 0.5) is 5.69 Å². The van der Waals surface area contributed by atoms with Gasteiger partial charge in [-0.05, 0) is 38.8 Å². The first-order valence-electron chi connectivity index (χ1n) is 9.37. The number of hydrogen-bond donors (Lipinski definition) is 1. The van der Waals surface area contributed by atoms with E-state index in [1.807, 2.05) is 24.3 Å². The number of ether oxygens (including phenoxy) is 1. The highest BCUT2D eigenvalue weighted by Gasteiger charge is 2.40. The van der Waals surface area contributed by atoms with E-state index in [4.69, 9.17) is 4.74 Å². The summed E-state index contributed by atoms with van der Waals surface area (Å²) < 4.78 is 5.81. The molecule has 0 unspecified atom stereocenters. The smallest absolute Gasteiger partial charge is 0.270 e. The number of nitrogens with one attached hydrogen (secondary N) is 1. The van der Waals surface area contributed by atoms with Crippen LogP contribution in [-0.2, 0) is 9.59 Å². The molecule has 2 amide bonds. The van der Waals surface area contributed by atoms with Crippen molar-refractivity contribution in [1.82, 2.24) is 5.32 Å². The zero-order chi connectivity index (χ0) is 17.9. The molecule has 3 rings (SSSR count). The van der Waals surface area contributed by atoms with Crippen molar-refractivity contribution in [3.63, 3.8) is 0 Å². The second kappa shape index (κ2) is 7.46. The minimum absolute atomic E-state index is 0.0291. The lowest BCUT2D eigenvalue weighted by Crippen LogP contribution is -2.53. The Hall–Kier alpha value is -2.04. The molecule has 5 heteroatoms. The van der Waals surface area contributed by atoms with E-state index < -0.39 is 5.60 Å². The molecule has 0 radical (unpaired) electrons. The lowest BCUT2D eigenvalue weighted by atomic mass is 10.0. The fourth-order valence-corrected chi connectivity index (χ4v) is 3.68. The molecular weight excluding hydrogens is 316 g/mol. The number of hydrogen-bond acceptors (Lipinski definition) is 3. The Morgan fingerprint density at radius 1 is 1.20 bits per heavy atom. The normalized spacial score (nSPS) is 20.4. The molecular formula is C20H28N2O3. The van der Waals surface area contributed by atoms with Crippen molar-refractivity contribution in [3.8, 4) is 5.75 Å². The van der Waals surface area contributed by atoms with E-state index in [1.165, 1.54) is 25.7 Å². The van der Waals surface area contributed by atoms with Gasteiger partial charge in [0.15, 0.2) is 5.60 Å². The highest BCUT2D eigenvalue weighted by atomic mass is 16.5. The van der Waals surface area contributed by atoms with Crippen LogP contribution in [0.1, 0.15) is 58.8 Å². The van der Waals surface area contributed by atoms with Crippen molar-refractivity contribution in [2.45, 2.75) is 70.4 Å². The first-order chi connectivity index (χ1) is 12.0. The Balaban J connectivity index is 1.63. The molecule has 1 fully saturated rings. The van der Waals surface area contributed by atoms with Gasteiger partial charge >= 0.3 is 0 Å². The fraction of sp³-hybridized carbons (Fsp3) is 0.600. The molecule has 1 saturated carbocycles. The van der Waals surface area contributed by atoms with E-state index in [-0.39, 0.29) is 11.8 Å². The maximum atomic E-state index is 12.7. The van der Waals surface area contributed by atoms with E-state index in [2.05, 4.69) is 5.32 Å². The highest BCUT2D eigenvalue weighted by molar-refractivity contribution is 6.02. The standard InChI is InChI=1S/C20H28N2O3/c1-20(2)19(24)22(16-11-7-8-12-17(16)25-20)14-13-18(23)21-15-9-5-3-4-6-10-15/h7-8,11-12,15H,3-6,9-10,13-14H2,1-2H3,(H,21,23). The van der Waals surface area contributed by atoms with Gasteiger partial charge in [-0.25, -0.2) is 0 Å². The van der Waals surface area contributed by atoms with Crippen molar-refractivity contribution < 1.29 is 14.3 Å². The van der Waals surface area contributed by atoms with Crippen LogP contribution in [-0.4, -0.2) is 30.0 Å². The quantitative estimate of drug-likeness (QED) is 0.852. The maximum Gasteiger partial charge on any atom is 0.270 e. The SMILES string of the molecule is CC1(C)Oc2ccccc2N(CCC(=O)NC2CCCCCC2)C1=O. The van der Waals surface area contributed by atoms with Gasteiger partial charge in [-0.2, -0.15) is 0 Å². The minimum atomic E-state index is -0.911. The molecule has 1 aromatic carbocycles. The van der Waals surface area contributed by atoms with Gasteiger partial charge in [0.05, 0.1) is 5.69 Å². The van der Waals surface area contributed by atoms with Crippen LogP contribution in [0.5, 0.6) is 5.75 Å². The van der Waals surface area contributed by atoms with Crippen LogP contribution >= 0.6 is 0 Å². The average molecular weight is 344 g/mol. The van der Waals surface area contributed by atoms with Gasteiger partial charge in [0.1, 0.15) is 5.75 Å². The number of para-hydroxylation sites is 2. The van der Waals surface area contributed by atoms with E-state index in [0.29, 0.717) is 24.8 Å². The van der Waals surface area contributed by atoms with Gasteiger partial charge in [-0.15, -0.1) is 0 Å². The molecule has 0 spiro atoms. The lowest BCUT2D eigenvalue weighted by Gasteiger charge is -2.38. The monoisotopic (exact) mass is 344 g/mol. The van der Waals surface area contributed by atoms with Gasteiger partial charge in [-0.1, -0.05) is 37.8 Å². The van der Waals surface area contributed by atoms with E-state index >= 15 is 0 Å². The highest BCUT2D eigenvalue weighted by Crippen LogP contribution is 2.37. The van der Waals surface area contributed by atoms with Crippen LogP contribution in [0.2, 0.25) is 0 Å². The van der Waals surface area contributed by atoms with E-state index in [9.17, 15) is 9.59 Å². The molecule has 0 saturated heterocycles. The molecule has 5 nitrogen and oxygen atoms in total. The summed E-state index contributed by atoms with van der Waals surface area (Å²) in [6.45, 7) is 3.91. The minimum Gasteiger partial charge on any atom is -0.476 e. The number of anilines is 1. The average Bonchev–Trinajstić information content (AvgIpc) is 2.83. The molecule has 25 heavy (non-hydrogen) atoms. The Morgan fingerprint density at radius 2 is 1.88 bits per heavy atom. The topological polar surface area (TPSA) is 58.6 Å². The summed E-state index contributed by atoms with van der Waals surface area (Å²) in [5.41, 5.74) is -0.166. The van der Waals surface area contributed by atoms with Gasteiger partial charge in [0, 0.05) is 19.0 Å². The number of carbonyl (C=O) groups is 2. The number of fused-ring (bicyclic) bond motifs is 1. The molecule has 2 aliphatic rings. The molecule has 1 N–H and O–H groups in total. The first-order valence-corrected chi connectivity index (χ1v) is 9.37. The third-order valence-corrected chi connectivity index (χ3v) is 5.06. The predicted octanol–water partition coefficient (Wildman–Crippen LogP) is 3.42. The summed E-state index contributed by atoms with van der Waals surface area (Å²) in [6, 6.07) is 7.79. The van der Waals surface area contributed by atoms with Crippen LogP contribution in [0, 0.1) is 0 Å². The number of nitrogens with zero attached hydrogens (tertiary/aromatic N) is 1. The maximum absolute atomic E-state index is 12.7. The summed E-state index contributed by atoms with van der Waals surface area (Å²) in [6.07, 6.45) is 7.35. The summed E-state index contributed by atoms with van der Waals surface area (Å²) in [4.78, 5) is 26.8. The predicted molar refractivity (Wildman–Crippen MR) is 97.8 cm³/mol. The van der Waals surface area contributed by atoms with Crippen LogP contribution in [0.25, 0.3) is 0 Å². The van der Waals surface area contributed by atoms with E-state index in [1.54, 1.807) is 18.7 Å². The molecule has 0 atom stereocenters. The number of benzene rings is 1. The van der Waals surface area contributed by atoms with Crippen LogP contribution < -0.4 is 15.0 Å². The summed E-state index contributed by atoms with van der Waals surface area (Å²) in [7, 11) is 0. The Labute approximate surface area is 149 Å². The Kier molecular flexibility index (Phi) is 5.30. The third kappa shape index (κ3) is 4.14. The number of amides is 2. The van der Waals surface area contributed by atoms with Gasteiger partial charge in [0.25, 0.3) is 5.91 Å². The number of carbonyl (C=O) groups excluding carboxylic acids is 2.